The number of hydrogen-bond acceptors (Lipinski definition) is 1. The third kappa shape index (κ3) is 1.32. The fourth-order valence-corrected chi connectivity index (χ4v) is 1.80. The summed E-state index contributed by atoms with van der Waals surface area (Å²) in [7, 11) is 1.91. The summed E-state index contributed by atoms with van der Waals surface area (Å²) < 4.78 is 1.91. The van der Waals surface area contributed by atoms with E-state index in [4.69, 9.17) is 11.6 Å². The monoisotopic (exact) mass is 207 g/mol. The zero-order valence-corrected chi connectivity index (χ0v) is 8.80. The minimum absolute atomic E-state index is 0.0814. The second-order valence-corrected chi connectivity index (χ2v) is 3.81. The number of carbonyl (C=O) groups excluding carboxylic acids is 1. The minimum atomic E-state index is 0.0814. The molecule has 0 saturated carbocycles. The van der Waals surface area contributed by atoms with Gasteiger partial charge in [0, 0.05) is 34.7 Å². The maximum atomic E-state index is 11.3. The summed E-state index contributed by atoms with van der Waals surface area (Å²) in [5, 5.41) is 1.65. The summed E-state index contributed by atoms with van der Waals surface area (Å²) in [4.78, 5) is 11.3. The second-order valence-electron chi connectivity index (χ2n) is 3.37. The summed E-state index contributed by atoms with van der Waals surface area (Å²) >= 11 is 5.88. The SMILES string of the molecule is CC(=O)c1cn(C)c2cc(Cl)ccc12. The van der Waals surface area contributed by atoms with Crippen LogP contribution in [0.4, 0.5) is 0 Å². The first-order valence-corrected chi connectivity index (χ1v) is 4.73. The fourth-order valence-electron chi connectivity index (χ4n) is 1.64. The Morgan fingerprint density at radius 1 is 1.43 bits per heavy atom. The number of halogens is 1. The van der Waals surface area contributed by atoms with Gasteiger partial charge >= 0.3 is 0 Å². The number of benzene rings is 1. The van der Waals surface area contributed by atoms with Crippen LogP contribution in [0.5, 0.6) is 0 Å². The molecule has 0 amide bonds. The average Bonchev–Trinajstić information content (AvgIpc) is 2.44. The molecule has 3 heteroatoms. The first kappa shape index (κ1) is 9.28. The lowest BCUT2D eigenvalue weighted by Crippen LogP contribution is -1.88. The average molecular weight is 208 g/mol. The van der Waals surface area contributed by atoms with Gasteiger partial charge in [-0.1, -0.05) is 17.7 Å². The molecule has 0 unspecified atom stereocenters. The molecule has 2 nitrogen and oxygen atoms in total. The molecule has 2 aromatic rings. The molecule has 14 heavy (non-hydrogen) atoms. The lowest BCUT2D eigenvalue weighted by Gasteiger charge is -1.95. The van der Waals surface area contributed by atoms with Gasteiger partial charge in [-0.15, -0.1) is 0 Å². The molecule has 0 saturated heterocycles. The van der Waals surface area contributed by atoms with E-state index in [0.29, 0.717) is 5.02 Å². The molecule has 0 radical (unpaired) electrons. The van der Waals surface area contributed by atoms with Crippen molar-refractivity contribution >= 4 is 28.3 Å². The lowest BCUT2D eigenvalue weighted by molar-refractivity contribution is 0.101. The summed E-state index contributed by atoms with van der Waals surface area (Å²) in [6.45, 7) is 1.57. The van der Waals surface area contributed by atoms with Gasteiger partial charge in [-0.25, -0.2) is 0 Å². The number of fused-ring (bicyclic) bond motifs is 1. The van der Waals surface area contributed by atoms with Crippen LogP contribution in [0.2, 0.25) is 5.02 Å². The Morgan fingerprint density at radius 2 is 2.14 bits per heavy atom. The molecule has 0 atom stereocenters. The van der Waals surface area contributed by atoms with Crippen molar-refractivity contribution in [1.82, 2.24) is 4.57 Å². The van der Waals surface area contributed by atoms with Gasteiger partial charge in [-0.2, -0.15) is 0 Å². The van der Waals surface area contributed by atoms with Crippen LogP contribution in [-0.2, 0) is 7.05 Å². The van der Waals surface area contributed by atoms with E-state index in [1.165, 1.54) is 0 Å². The van der Waals surface area contributed by atoms with E-state index < -0.39 is 0 Å². The number of hydrogen-bond donors (Lipinski definition) is 0. The number of aromatic nitrogens is 1. The third-order valence-electron chi connectivity index (χ3n) is 2.33. The van der Waals surface area contributed by atoms with Crippen molar-refractivity contribution in [2.45, 2.75) is 6.92 Å². The zero-order chi connectivity index (χ0) is 10.3. The molecule has 0 aliphatic heterocycles. The highest BCUT2D eigenvalue weighted by molar-refractivity contribution is 6.31. The Morgan fingerprint density at radius 3 is 2.79 bits per heavy atom. The molecular formula is C11H10ClNO. The Labute approximate surface area is 87.1 Å². The standard InChI is InChI=1S/C11H10ClNO/c1-7(14)10-6-13(2)11-5-8(12)3-4-9(10)11/h3-6H,1-2H3. The Bertz CT molecular complexity index is 513. The number of rotatable bonds is 1. The number of nitrogens with zero attached hydrogens (tertiary/aromatic N) is 1. The molecular weight excluding hydrogens is 198 g/mol. The Hall–Kier alpha value is -1.28. The molecule has 0 aliphatic carbocycles. The van der Waals surface area contributed by atoms with Gasteiger partial charge in [0.2, 0.25) is 0 Å². The number of ketones is 1. The topological polar surface area (TPSA) is 22.0 Å². The van der Waals surface area contributed by atoms with Gasteiger partial charge in [0.15, 0.2) is 5.78 Å². The molecule has 72 valence electrons. The summed E-state index contributed by atoms with van der Waals surface area (Å²) in [6.07, 6.45) is 1.84. The fraction of sp³-hybridized carbons (Fsp3) is 0.182. The highest BCUT2D eigenvalue weighted by atomic mass is 35.5. The van der Waals surface area contributed by atoms with Gasteiger partial charge in [-0.05, 0) is 19.1 Å². The van der Waals surface area contributed by atoms with Crippen molar-refractivity contribution in [3.8, 4) is 0 Å². The van der Waals surface area contributed by atoms with Gasteiger partial charge < -0.3 is 4.57 Å². The van der Waals surface area contributed by atoms with Gasteiger partial charge in [0.1, 0.15) is 0 Å². The van der Waals surface area contributed by atoms with Crippen LogP contribution in [0, 0.1) is 0 Å². The first-order valence-electron chi connectivity index (χ1n) is 4.35. The van der Waals surface area contributed by atoms with Crippen molar-refractivity contribution in [3.05, 3.63) is 35.0 Å². The smallest absolute Gasteiger partial charge is 0.161 e. The van der Waals surface area contributed by atoms with Crippen molar-refractivity contribution in [2.75, 3.05) is 0 Å². The highest BCUT2D eigenvalue weighted by Crippen LogP contribution is 2.24. The first-order chi connectivity index (χ1) is 6.59. The normalized spacial score (nSPS) is 10.8. The maximum Gasteiger partial charge on any atom is 0.161 e. The van der Waals surface area contributed by atoms with Gasteiger partial charge in [-0.3, -0.25) is 4.79 Å². The molecule has 0 fully saturated rings. The maximum absolute atomic E-state index is 11.3. The Kier molecular flexibility index (Phi) is 2.08. The third-order valence-corrected chi connectivity index (χ3v) is 2.57. The van der Waals surface area contributed by atoms with Crippen LogP contribution in [0.25, 0.3) is 10.9 Å². The number of Topliss-reactive ketones (excluding diaryl/α,β-unsaturated/α-hetero) is 1. The van der Waals surface area contributed by atoms with E-state index in [-0.39, 0.29) is 5.78 Å². The van der Waals surface area contributed by atoms with Crippen LogP contribution in [-0.4, -0.2) is 10.4 Å². The summed E-state index contributed by atoms with van der Waals surface area (Å²) in [5.41, 5.74) is 1.74. The summed E-state index contributed by atoms with van der Waals surface area (Å²) in [5.74, 6) is 0.0814. The van der Waals surface area contributed by atoms with Crippen LogP contribution in [0.15, 0.2) is 24.4 Å². The van der Waals surface area contributed by atoms with Crippen molar-refractivity contribution in [2.24, 2.45) is 7.05 Å². The van der Waals surface area contributed by atoms with Crippen LogP contribution in [0.1, 0.15) is 17.3 Å². The van der Waals surface area contributed by atoms with Crippen LogP contribution >= 0.6 is 11.6 Å². The highest BCUT2D eigenvalue weighted by Gasteiger charge is 2.09. The molecule has 1 aromatic heterocycles. The molecule has 1 heterocycles. The van der Waals surface area contributed by atoms with E-state index in [0.717, 1.165) is 16.5 Å². The molecule has 1 aromatic carbocycles. The van der Waals surface area contributed by atoms with E-state index in [1.807, 2.05) is 29.9 Å². The zero-order valence-electron chi connectivity index (χ0n) is 8.04. The molecule has 0 bridgehead atoms. The molecule has 0 aliphatic rings. The summed E-state index contributed by atoms with van der Waals surface area (Å²) in [6, 6.07) is 5.55. The molecule has 2 rings (SSSR count). The number of aryl methyl sites for hydroxylation is 1. The van der Waals surface area contributed by atoms with E-state index in [2.05, 4.69) is 0 Å². The van der Waals surface area contributed by atoms with Crippen LogP contribution < -0.4 is 0 Å². The molecule has 0 spiro atoms. The lowest BCUT2D eigenvalue weighted by atomic mass is 10.1. The van der Waals surface area contributed by atoms with Gasteiger partial charge in [0.25, 0.3) is 0 Å². The van der Waals surface area contributed by atoms with Crippen LogP contribution in [0.3, 0.4) is 0 Å². The predicted octanol–water partition coefficient (Wildman–Crippen LogP) is 3.03. The quantitative estimate of drug-likeness (QED) is 0.659. The van der Waals surface area contributed by atoms with E-state index in [1.54, 1.807) is 13.0 Å². The largest absolute Gasteiger partial charge is 0.350 e. The van der Waals surface area contributed by atoms with E-state index in [9.17, 15) is 4.79 Å². The Balaban J connectivity index is 2.84. The van der Waals surface area contributed by atoms with Crippen molar-refractivity contribution < 1.29 is 4.79 Å². The van der Waals surface area contributed by atoms with Crippen molar-refractivity contribution in [1.29, 1.82) is 0 Å². The minimum Gasteiger partial charge on any atom is -0.350 e. The predicted molar refractivity (Wildman–Crippen MR) is 57.9 cm³/mol. The molecule has 0 N–H and O–H groups in total. The van der Waals surface area contributed by atoms with E-state index >= 15 is 0 Å². The van der Waals surface area contributed by atoms with Crippen molar-refractivity contribution in [3.63, 3.8) is 0 Å². The second kappa shape index (κ2) is 3.14. The van der Waals surface area contributed by atoms with Gasteiger partial charge in [0.05, 0.1) is 0 Å². The number of carbonyl (C=O) groups is 1.